The van der Waals surface area contributed by atoms with Crippen LogP contribution in [0.1, 0.15) is 17.9 Å². The molecular weight excluding hydrogens is 288 g/mol. The number of nitrogens with one attached hydrogen (secondary N) is 1. The maximum atomic E-state index is 10.5. The van der Waals surface area contributed by atoms with Crippen LogP contribution in [0.2, 0.25) is 0 Å². The summed E-state index contributed by atoms with van der Waals surface area (Å²) in [5, 5.41) is 6.89. The molecule has 0 spiro atoms. The highest BCUT2D eigenvalue weighted by Gasteiger charge is 2.09. The van der Waals surface area contributed by atoms with Crippen molar-refractivity contribution in [3.05, 3.63) is 34.3 Å². The predicted octanol–water partition coefficient (Wildman–Crippen LogP) is 1.29. The lowest BCUT2D eigenvalue weighted by Crippen LogP contribution is -2.28. The van der Waals surface area contributed by atoms with Gasteiger partial charge in [0.1, 0.15) is 6.29 Å². The summed E-state index contributed by atoms with van der Waals surface area (Å²) in [5.74, 6) is 5.41. The highest BCUT2D eigenvalue weighted by molar-refractivity contribution is 9.10. The normalized spacial score (nSPS) is 10.9. The van der Waals surface area contributed by atoms with Gasteiger partial charge in [-0.1, -0.05) is 28.1 Å². The van der Waals surface area contributed by atoms with Crippen LogP contribution in [0.3, 0.4) is 0 Å². The lowest BCUT2D eigenvalue weighted by atomic mass is 9.97. The number of carboxylic acid groups (broad SMARTS) is 1. The van der Waals surface area contributed by atoms with Gasteiger partial charge in [0.25, 0.3) is 6.47 Å². The summed E-state index contributed by atoms with van der Waals surface area (Å²) in [5.41, 5.74) is 3.72. The van der Waals surface area contributed by atoms with Crippen LogP contribution in [-0.2, 0) is 9.59 Å². The molecule has 1 rings (SSSR count). The van der Waals surface area contributed by atoms with E-state index in [-0.39, 0.29) is 12.4 Å². The van der Waals surface area contributed by atoms with Gasteiger partial charge in [-0.2, -0.15) is 0 Å². The van der Waals surface area contributed by atoms with E-state index in [0.717, 1.165) is 16.3 Å². The fraction of sp³-hybridized carbons (Fsp3) is 0.273. The van der Waals surface area contributed by atoms with Crippen molar-refractivity contribution < 1.29 is 14.7 Å². The van der Waals surface area contributed by atoms with E-state index in [1.807, 2.05) is 24.3 Å². The van der Waals surface area contributed by atoms with E-state index in [1.165, 1.54) is 0 Å². The lowest BCUT2D eigenvalue weighted by molar-refractivity contribution is -0.122. The number of aldehydes is 1. The van der Waals surface area contributed by atoms with Crippen molar-refractivity contribution >= 4 is 28.7 Å². The molecule has 1 atom stereocenters. The average molecular weight is 303 g/mol. The zero-order valence-corrected chi connectivity index (χ0v) is 10.8. The topological polar surface area (TPSA) is 92.4 Å². The van der Waals surface area contributed by atoms with Crippen molar-refractivity contribution in [2.24, 2.45) is 5.84 Å². The van der Waals surface area contributed by atoms with Gasteiger partial charge in [-0.05, 0) is 17.7 Å². The first kappa shape index (κ1) is 15.8. The van der Waals surface area contributed by atoms with Gasteiger partial charge < -0.3 is 9.90 Å². The summed E-state index contributed by atoms with van der Waals surface area (Å²) in [6, 6.07) is 7.92. The van der Waals surface area contributed by atoms with Gasteiger partial charge in [0.05, 0.1) is 0 Å². The number of nitrogens with two attached hydrogens (primary N) is 1. The van der Waals surface area contributed by atoms with Crippen molar-refractivity contribution in [2.45, 2.75) is 12.3 Å². The highest BCUT2D eigenvalue weighted by Crippen LogP contribution is 2.20. The smallest absolute Gasteiger partial charge is 0.290 e. The van der Waals surface area contributed by atoms with E-state index < -0.39 is 0 Å². The maximum absolute atomic E-state index is 10.5. The summed E-state index contributed by atoms with van der Waals surface area (Å²) in [6.07, 6.45) is 1.41. The van der Waals surface area contributed by atoms with Crippen molar-refractivity contribution in [2.75, 3.05) is 6.54 Å². The first-order valence-electron chi connectivity index (χ1n) is 4.90. The van der Waals surface area contributed by atoms with Crippen LogP contribution in [-0.4, -0.2) is 24.4 Å². The molecule has 1 aromatic rings. The Bertz CT molecular complexity index is 330. The largest absolute Gasteiger partial charge is 0.483 e. The Labute approximate surface area is 108 Å². The fourth-order valence-corrected chi connectivity index (χ4v) is 1.59. The van der Waals surface area contributed by atoms with Crippen LogP contribution >= 0.6 is 15.9 Å². The minimum atomic E-state index is -0.250. The Morgan fingerprint density at radius 1 is 1.35 bits per heavy atom. The molecule has 0 unspecified atom stereocenters. The molecule has 1 aromatic carbocycles. The molecule has 0 radical (unpaired) electrons. The second kappa shape index (κ2) is 9.95. The van der Waals surface area contributed by atoms with Crippen LogP contribution in [0.25, 0.3) is 0 Å². The monoisotopic (exact) mass is 302 g/mol. The van der Waals surface area contributed by atoms with Crippen LogP contribution in [0, 0.1) is 0 Å². The summed E-state index contributed by atoms with van der Waals surface area (Å²) in [6.45, 7) is 0.361. The van der Waals surface area contributed by atoms with Gasteiger partial charge in [-0.3, -0.25) is 16.1 Å². The molecule has 17 heavy (non-hydrogen) atoms. The predicted molar refractivity (Wildman–Crippen MR) is 68.4 cm³/mol. The van der Waals surface area contributed by atoms with Crippen LogP contribution < -0.4 is 11.3 Å². The number of halogens is 1. The first-order valence-corrected chi connectivity index (χ1v) is 5.69. The molecule has 0 saturated heterocycles. The highest BCUT2D eigenvalue weighted by atomic mass is 79.9. The van der Waals surface area contributed by atoms with Gasteiger partial charge in [-0.15, -0.1) is 0 Å². The first-order chi connectivity index (χ1) is 8.19. The van der Waals surface area contributed by atoms with E-state index in [9.17, 15) is 4.79 Å². The van der Waals surface area contributed by atoms with Crippen molar-refractivity contribution in [1.82, 2.24) is 5.43 Å². The van der Waals surface area contributed by atoms with Gasteiger partial charge in [-0.25, -0.2) is 0 Å². The molecule has 0 aliphatic heterocycles. The molecule has 5 nitrogen and oxygen atoms in total. The van der Waals surface area contributed by atoms with Gasteiger partial charge in [0, 0.05) is 23.4 Å². The molecule has 0 amide bonds. The van der Waals surface area contributed by atoms with E-state index in [2.05, 4.69) is 21.4 Å². The zero-order chi connectivity index (χ0) is 13.1. The second-order valence-corrected chi connectivity index (χ2v) is 4.08. The second-order valence-electron chi connectivity index (χ2n) is 3.16. The molecule has 0 saturated carbocycles. The number of hydrazine groups is 1. The Morgan fingerprint density at radius 2 is 1.88 bits per heavy atom. The Hall–Kier alpha value is -1.24. The molecule has 0 heterocycles. The maximum Gasteiger partial charge on any atom is 0.290 e. The van der Waals surface area contributed by atoms with E-state index >= 15 is 0 Å². The molecule has 0 aliphatic carbocycles. The molecule has 0 fully saturated rings. The zero-order valence-electron chi connectivity index (χ0n) is 9.17. The number of hydrogen-bond acceptors (Lipinski definition) is 4. The average Bonchev–Trinajstić information content (AvgIpc) is 2.31. The van der Waals surface area contributed by atoms with Crippen molar-refractivity contribution in [3.8, 4) is 0 Å². The third-order valence-corrected chi connectivity index (χ3v) is 2.62. The quantitative estimate of drug-likeness (QED) is 0.433. The van der Waals surface area contributed by atoms with Crippen molar-refractivity contribution in [1.29, 1.82) is 0 Å². The molecule has 0 bridgehead atoms. The van der Waals surface area contributed by atoms with E-state index in [4.69, 9.17) is 15.7 Å². The third-order valence-electron chi connectivity index (χ3n) is 2.09. The molecule has 6 heteroatoms. The minimum absolute atomic E-state index is 0.158. The summed E-state index contributed by atoms with van der Waals surface area (Å²) in [4.78, 5) is 18.8. The summed E-state index contributed by atoms with van der Waals surface area (Å²) < 4.78 is 1.03. The van der Waals surface area contributed by atoms with Gasteiger partial charge in [0.15, 0.2) is 0 Å². The minimum Gasteiger partial charge on any atom is -0.483 e. The van der Waals surface area contributed by atoms with Crippen LogP contribution in [0.5, 0.6) is 0 Å². The van der Waals surface area contributed by atoms with Crippen molar-refractivity contribution in [3.63, 3.8) is 0 Å². The standard InChI is InChI=1S/C10H13BrN2O.CH2O2/c11-10-3-1-8(2-4-10)9(5-6-14)7-13-12;2-1-3/h1-4,6,9,13H,5,7,12H2;1H,(H,2,3)/t9-;/m0./s1. The van der Waals surface area contributed by atoms with Crippen LogP contribution in [0.15, 0.2) is 28.7 Å². The summed E-state index contributed by atoms with van der Waals surface area (Å²) in [7, 11) is 0. The Kier molecular flexibility index (Phi) is 9.22. The molecule has 94 valence electrons. The number of hydrogen-bond donors (Lipinski definition) is 3. The van der Waals surface area contributed by atoms with Gasteiger partial charge >= 0.3 is 0 Å². The fourth-order valence-electron chi connectivity index (χ4n) is 1.33. The number of benzene rings is 1. The Balaban J connectivity index is 0.000000770. The van der Waals surface area contributed by atoms with E-state index in [0.29, 0.717) is 13.0 Å². The van der Waals surface area contributed by atoms with Gasteiger partial charge in [0.2, 0.25) is 0 Å². The number of carbonyl (C=O) groups is 2. The molecular formula is C11H15BrN2O3. The number of rotatable bonds is 5. The third kappa shape index (κ3) is 6.83. The molecule has 0 aromatic heterocycles. The summed E-state index contributed by atoms with van der Waals surface area (Å²) >= 11 is 3.36. The SMILES string of the molecule is NNC[C@H](CC=O)c1ccc(Br)cc1.O=CO. The Morgan fingerprint density at radius 3 is 2.29 bits per heavy atom. The van der Waals surface area contributed by atoms with E-state index in [1.54, 1.807) is 0 Å². The van der Waals surface area contributed by atoms with Crippen LogP contribution in [0.4, 0.5) is 0 Å². The lowest BCUT2D eigenvalue weighted by Gasteiger charge is -2.13. The number of carbonyl (C=O) groups excluding carboxylic acids is 1. The molecule has 0 aliphatic rings. The molecule has 4 N–H and O–H groups in total.